The van der Waals surface area contributed by atoms with Gasteiger partial charge in [0.2, 0.25) is 0 Å². The normalized spacial score (nSPS) is 30.4. The highest BCUT2D eigenvalue weighted by molar-refractivity contribution is 4.66. The first-order valence-corrected chi connectivity index (χ1v) is 5.88. The molecule has 4 nitrogen and oxygen atoms in total. The van der Waals surface area contributed by atoms with Crippen molar-refractivity contribution in [3.05, 3.63) is 0 Å². The van der Waals surface area contributed by atoms with E-state index in [2.05, 4.69) is 0 Å². The van der Waals surface area contributed by atoms with Crippen LogP contribution in [0.3, 0.4) is 0 Å². The van der Waals surface area contributed by atoms with Gasteiger partial charge in [-0.15, -0.1) is 0 Å². The molecule has 0 saturated carbocycles. The van der Waals surface area contributed by atoms with Crippen LogP contribution in [0.2, 0.25) is 0 Å². The molecule has 0 amide bonds. The van der Waals surface area contributed by atoms with Crippen molar-refractivity contribution in [2.45, 2.75) is 38.1 Å². The smallest absolute Gasteiger partial charge is 0.157 e. The summed E-state index contributed by atoms with van der Waals surface area (Å²) < 4.78 is 21.5. The summed E-state index contributed by atoms with van der Waals surface area (Å²) in [6, 6.07) is 0. The molecule has 2 aliphatic heterocycles. The monoisotopic (exact) mass is 216 g/mol. The molecule has 2 aliphatic rings. The molecule has 0 N–H and O–H groups in total. The maximum Gasteiger partial charge on any atom is 0.157 e. The average Bonchev–Trinajstić information content (AvgIpc) is 3.09. The van der Waals surface area contributed by atoms with Crippen LogP contribution in [0.5, 0.6) is 0 Å². The van der Waals surface area contributed by atoms with Gasteiger partial charge in [0.05, 0.1) is 19.8 Å². The first-order valence-electron chi connectivity index (χ1n) is 5.88. The lowest BCUT2D eigenvalue weighted by Gasteiger charge is -2.22. The van der Waals surface area contributed by atoms with Crippen LogP contribution < -0.4 is 0 Å². The maximum atomic E-state index is 5.57. The molecule has 2 atom stereocenters. The molecule has 0 aliphatic carbocycles. The Morgan fingerprint density at radius 1 is 1.13 bits per heavy atom. The van der Waals surface area contributed by atoms with E-state index in [4.69, 9.17) is 18.9 Å². The molecule has 2 saturated heterocycles. The third-order valence-electron chi connectivity index (χ3n) is 2.58. The maximum absolute atomic E-state index is 5.57. The Bertz CT molecular complexity index is 164. The van der Waals surface area contributed by atoms with Crippen LogP contribution in [0.4, 0.5) is 0 Å². The Morgan fingerprint density at radius 2 is 2.07 bits per heavy atom. The summed E-state index contributed by atoms with van der Waals surface area (Å²) in [7, 11) is 0. The van der Waals surface area contributed by atoms with Crippen molar-refractivity contribution < 1.29 is 18.9 Å². The summed E-state index contributed by atoms with van der Waals surface area (Å²) in [5, 5.41) is 0. The van der Waals surface area contributed by atoms with Crippen molar-refractivity contribution in [3.63, 3.8) is 0 Å². The topological polar surface area (TPSA) is 40.2 Å². The molecule has 15 heavy (non-hydrogen) atoms. The Hall–Kier alpha value is -0.160. The predicted molar refractivity (Wildman–Crippen MR) is 54.7 cm³/mol. The highest BCUT2D eigenvalue weighted by atomic mass is 16.7. The standard InChI is InChI=1S/C11H20O4/c1-2-6-13-11(4-1)14-7-3-5-12-8-10-9-15-10/h10-11H,1-9H2. The van der Waals surface area contributed by atoms with Gasteiger partial charge in [0.25, 0.3) is 0 Å². The van der Waals surface area contributed by atoms with E-state index in [1.165, 1.54) is 12.8 Å². The predicted octanol–water partition coefficient (Wildman–Crippen LogP) is 1.34. The van der Waals surface area contributed by atoms with E-state index < -0.39 is 0 Å². The molecule has 4 heteroatoms. The van der Waals surface area contributed by atoms with E-state index in [-0.39, 0.29) is 6.29 Å². The van der Waals surface area contributed by atoms with E-state index in [1.54, 1.807) is 0 Å². The van der Waals surface area contributed by atoms with Crippen molar-refractivity contribution in [2.75, 3.05) is 33.0 Å². The van der Waals surface area contributed by atoms with Crippen LogP contribution in [-0.2, 0) is 18.9 Å². The van der Waals surface area contributed by atoms with Gasteiger partial charge in [-0.3, -0.25) is 0 Å². The van der Waals surface area contributed by atoms with Crippen LogP contribution >= 0.6 is 0 Å². The van der Waals surface area contributed by atoms with Crippen molar-refractivity contribution in [2.24, 2.45) is 0 Å². The van der Waals surface area contributed by atoms with Crippen LogP contribution in [0.15, 0.2) is 0 Å². The fraction of sp³-hybridized carbons (Fsp3) is 1.00. The van der Waals surface area contributed by atoms with Gasteiger partial charge in [0.1, 0.15) is 6.10 Å². The first-order chi connectivity index (χ1) is 7.45. The molecule has 0 aromatic carbocycles. The van der Waals surface area contributed by atoms with E-state index in [1.807, 2.05) is 0 Å². The van der Waals surface area contributed by atoms with Crippen LogP contribution in [-0.4, -0.2) is 45.4 Å². The van der Waals surface area contributed by atoms with E-state index in [0.717, 1.165) is 45.9 Å². The molecular weight excluding hydrogens is 196 g/mol. The van der Waals surface area contributed by atoms with Crippen molar-refractivity contribution in [1.82, 2.24) is 0 Å². The fourth-order valence-electron chi connectivity index (χ4n) is 1.60. The van der Waals surface area contributed by atoms with Crippen molar-refractivity contribution in [1.29, 1.82) is 0 Å². The molecular formula is C11H20O4. The minimum Gasteiger partial charge on any atom is -0.379 e. The summed E-state index contributed by atoms with van der Waals surface area (Å²) in [6.07, 6.45) is 4.77. The lowest BCUT2D eigenvalue weighted by Crippen LogP contribution is -2.23. The SMILES string of the molecule is C1CCC(OCCCOCC2CO2)OC1. The number of rotatable bonds is 7. The molecule has 0 aromatic rings. The second kappa shape index (κ2) is 6.43. The largest absolute Gasteiger partial charge is 0.379 e. The van der Waals surface area contributed by atoms with Gasteiger partial charge in [-0.05, 0) is 25.7 Å². The lowest BCUT2D eigenvalue weighted by molar-refractivity contribution is -0.164. The van der Waals surface area contributed by atoms with E-state index in [9.17, 15) is 0 Å². The fourth-order valence-corrected chi connectivity index (χ4v) is 1.60. The third-order valence-corrected chi connectivity index (χ3v) is 2.58. The van der Waals surface area contributed by atoms with Crippen LogP contribution in [0.25, 0.3) is 0 Å². The van der Waals surface area contributed by atoms with Gasteiger partial charge in [-0.25, -0.2) is 0 Å². The minimum absolute atomic E-state index is 0.0329. The summed E-state index contributed by atoms with van der Waals surface area (Å²) in [6.45, 7) is 3.94. The zero-order valence-corrected chi connectivity index (χ0v) is 9.15. The number of ether oxygens (including phenoxy) is 4. The van der Waals surface area contributed by atoms with E-state index in [0.29, 0.717) is 6.10 Å². The molecule has 0 bridgehead atoms. The average molecular weight is 216 g/mol. The summed E-state index contributed by atoms with van der Waals surface area (Å²) in [5.41, 5.74) is 0. The Morgan fingerprint density at radius 3 is 2.80 bits per heavy atom. The second-order valence-corrected chi connectivity index (χ2v) is 4.05. The summed E-state index contributed by atoms with van der Waals surface area (Å²) >= 11 is 0. The molecule has 2 rings (SSSR count). The van der Waals surface area contributed by atoms with Gasteiger partial charge >= 0.3 is 0 Å². The molecule has 0 spiro atoms. The van der Waals surface area contributed by atoms with Gasteiger partial charge in [0.15, 0.2) is 6.29 Å². The highest BCUT2D eigenvalue weighted by Crippen LogP contribution is 2.13. The van der Waals surface area contributed by atoms with E-state index >= 15 is 0 Å². The Labute approximate surface area is 90.8 Å². The van der Waals surface area contributed by atoms with Crippen molar-refractivity contribution >= 4 is 0 Å². The third kappa shape index (κ3) is 4.93. The van der Waals surface area contributed by atoms with Crippen LogP contribution in [0.1, 0.15) is 25.7 Å². The minimum atomic E-state index is 0.0329. The summed E-state index contributed by atoms with van der Waals surface area (Å²) in [5.74, 6) is 0. The number of epoxide rings is 1. The molecule has 2 fully saturated rings. The van der Waals surface area contributed by atoms with Gasteiger partial charge in [0, 0.05) is 13.2 Å². The van der Waals surface area contributed by atoms with Gasteiger partial charge in [-0.1, -0.05) is 0 Å². The molecule has 0 aromatic heterocycles. The second-order valence-electron chi connectivity index (χ2n) is 4.05. The zero-order valence-electron chi connectivity index (χ0n) is 9.15. The van der Waals surface area contributed by atoms with Crippen LogP contribution in [0, 0.1) is 0 Å². The molecule has 0 radical (unpaired) electrons. The lowest BCUT2D eigenvalue weighted by atomic mass is 10.2. The highest BCUT2D eigenvalue weighted by Gasteiger charge is 2.22. The molecule has 88 valence electrons. The van der Waals surface area contributed by atoms with Gasteiger partial charge in [-0.2, -0.15) is 0 Å². The Balaban J connectivity index is 1.37. The molecule has 2 heterocycles. The number of hydrogen-bond donors (Lipinski definition) is 0. The molecule has 2 unspecified atom stereocenters. The zero-order chi connectivity index (χ0) is 10.3. The number of hydrogen-bond acceptors (Lipinski definition) is 4. The van der Waals surface area contributed by atoms with Gasteiger partial charge < -0.3 is 18.9 Å². The summed E-state index contributed by atoms with van der Waals surface area (Å²) in [4.78, 5) is 0. The quantitative estimate of drug-likeness (QED) is 0.475. The first kappa shape index (κ1) is 11.3. The Kier molecular flexibility index (Phi) is 4.86. The van der Waals surface area contributed by atoms with Crippen molar-refractivity contribution in [3.8, 4) is 0 Å².